The highest BCUT2D eigenvalue weighted by Gasteiger charge is 2.37. The summed E-state index contributed by atoms with van der Waals surface area (Å²) >= 11 is 0. The molecular formula is C17H19N3O2. The van der Waals surface area contributed by atoms with Crippen LogP contribution in [0.1, 0.15) is 35.7 Å². The standard InChI is InChI=1S/C17H19N3O2/c1-12-6-7-14(19-10-12)16(13-4-2-8-18-11-13)20-9-3-5-15(20)17(21)22/h2,4,6-8,10-11,15-16H,3,5,9H2,1H3,(H,21,22). The lowest BCUT2D eigenvalue weighted by Crippen LogP contribution is -2.39. The van der Waals surface area contributed by atoms with Gasteiger partial charge in [-0.3, -0.25) is 19.7 Å². The van der Waals surface area contributed by atoms with Gasteiger partial charge in [0.15, 0.2) is 0 Å². The molecule has 22 heavy (non-hydrogen) atoms. The van der Waals surface area contributed by atoms with Crippen LogP contribution in [0.5, 0.6) is 0 Å². The number of aryl methyl sites for hydroxylation is 1. The summed E-state index contributed by atoms with van der Waals surface area (Å²) in [5.74, 6) is -0.765. The molecule has 1 saturated heterocycles. The van der Waals surface area contributed by atoms with Gasteiger partial charge in [-0.15, -0.1) is 0 Å². The van der Waals surface area contributed by atoms with Gasteiger partial charge >= 0.3 is 5.97 Å². The number of carbonyl (C=O) groups is 1. The first kappa shape index (κ1) is 14.7. The van der Waals surface area contributed by atoms with Crippen LogP contribution in [0.25, 0.3) is 0 Å². The van der Waals surface area contributed by atoms with Gasteiger partial charge in [0.25, 0.3) is 0 Å². The lowest BCUT2D eigenvalue weighted by molar-refractivity contribution is -0.142. The van der Waals surface area contributed by atoms with Crippen LogP contribution in [-0.2, 0) is 4.79 Å². The number of likely N-dealkylation sites (tertiary alicyclic amines) is 1. The molecule has 2 unspecified atom stereocenters. The van der Waals surface area contributed by atoms with Gasteiger partial charge in [-0.05, 0) is 43.0 Å². The molecule has 0 saturated carbocycles. The molecule has 1 fully saturated rings. The fourth-order valence-corrected chi connectivity index (χ4v) is 3.07. The second-order valence-electron chi connectivity index (χ2n) is 5.68. The molecule has 5 nitrogen and oxygen atoms in total. The lowest BCUT2D eigenvalue weighted by atomic mass is 10.0. The second-order valence-corrected chi connectivity index (χ2v) is 5.68. The Kier molecular flexibility index (Phi) is 4.15. The van der Waals surface area contributed by atoms with E-state index < -0.39 is 12.0 Å². The van der Waals surface area contributed by atoms with Gasteiger partial charge < -0.3 is 5.11 Å². The average molecular weight is 297 g/mol. The van der Waals surface area contributed by atoms with Crippen molar-refractivity contribution in [2.24, 2.45) is 0 Å². The first-order valence-corrected chi connectivity index (χ1v) is 7.48. The summed E-state index contributed by atoms with van der Waals surface area (Å²) in [6.07, 6.45) is 6.91. The molecule has 0 bridgehead atoms. The van der Waals surface area contributed by atoms with Crippen molar-refractivity contribution in [3.8, 4) is 0 Å². The predicted octanol–water partition coefficient (Wildman–Crippen LogP) is 2.42. The summed E-state index contributed by atoms with van der Waals surface area (Å²) in [6.45, 7) is 2.75. The monoisotopic (exact) mass is 297 g/mol. The molecule has 0 aromatic carbocycles. The van der Waals surface area contributed by atoms with E-state index in [1.165, 1.54) is 0 Å². The van der Waals surface area contributed by atoms with E-state index in [4.69, 9.17) is 0 Å². The molecule has 2 aromatic heterocycles. The van der Waals surface area contributed by atoms with E-state index in [0.717, 1.165) is 29.8 Å². The third-order valence-electron chi connectivity index (χ3n) is 4.13. The smallest absolute Gasteiger partial charge is 0.320 e. The van der Waals surface area contributed by atoms with Gasteiger partial charge in [0.2, 0.25) is 0 Å². The molecule has 114 valence electrons. The predicted molar refractivity (Wildman–Crippen MR) is 82.4 cm³/mol. The lowest BCUT2D eigenvalue weighted by Gasteiger charge is -2.31. The SMILES string of the molecule is Cc1ccc(C(c2cccnc2)N2CCCC2C(=O)O)nc1. The number of pyridine rings is 2. The number of aromatic nitrogens is 2. The van der Waals surface area contributed by atoms with E-state index in [-0.39, 0.29) is 6.04 Å². The summed E-state index contributed by atoms with van der Waals surface area (Å²) < 4.78 is 0. The molecule has 5 heteroatoms. The Morgan fingerprint density at radius 3 is 2.86 bits per heavy atom. The van der Waals surface area contributed by atoms with Crippen molar-refractivity contribution in [2.45, 2.75) is 31.8 Å². The largest absolute Gasteiger partial charge is 0.480 e. The summed E-state index contributed by atoms with van der Waals surface area (Å²) in [7, 11) is 0. The third kappa shape index (κ3) is 2.85. The Labute approximate surface area is 129 Å². The molecule has 0 aliphatic carbocycles. The Bertz CT molecular complexity index is 643. The number of nitrogens with zero attached hydrogens (tertiary/aromatic N) is 3. The Hall–Kier alpha value is -2.27. The minimum atomic E-state index is -0.765. The van der Waals surface area contributed by atoms with Crippen molar-refractivity contribution in [1.29, 1.82) is 0 Å². The van der Waals surface area contributed by atoms with Crippen LogP contribution < -0.4 is 0 Å². The Morgan fingerprint density at radius 2 is 2.23 bits per heavy atom. The van der Waals surface area contributed by atoms with Crippen LogP contribution in [-0.4, -0.2) is 38.5 Å². The van der Waals surface area contributed by atoms with E-state index in [2.05, 4.69) is 9.97 Å². The molecule has 1 N–H and O–H groups in total. The van der Waals surface area contributed by atoms with Crippen LogP contribution >= 0.6 is 0 Å². The number of hydrogen-bond acceptors (Lipinski definition) is 4. The second kappa shape index (κ2) is 6.23. The molecule has 3 rings (SSSR count). The number of rotatable bonds is 4. The van der Waals surface area contributed by atoms with Crippen molar-refractivity contribution in [3.63, 3.8) is 0 Å². The highest BCUT2D eigenvalue weighted by molar-refractivity contribution is 5.74. The molecule has 2 aromatic rings. The summed E-state index contributed by atoms with van der Waals surface area (Å²) in [5, 5.41) is 9.49. The molecule has 0 radical (unpaired) electrons. The van der Waals surface area contributed by atoms with Gasteiger partial charge in [-0.25, -0.2) is 0 Å². The van der Waals surface area contributed by atoms with Crippen molar-refractivity contribution < 1.29 is 9.90 Å². The zero-order chi connectivity index (χ0) is 15.5. The normalized spacial score (nSPS) is 20.0. The van der Waals surface area contributed by atoms with Crippen molar-refractivity contribution in [1.82, 2.24) is 14.9 Å². The quantitative estimate of drug-likeness (QED) is 0.939. The highest BCUT2D eigenvalue weighted by Crippen LogP contribution is 2.33. The molecule has 3 heterocycles. The number of carboxylic acid groups (broad SMARTS) is 1. The van der Waals surface area contributed by atoms with Gasteiger partial charge in [0.1, 0.15) is 6.04 Å². The fourth-order valence-electron chi connectivity index (χ4n) is 3.07. The minimum absolute atomic E-state index is 0.169. The van der Waals surface area contributed by atoms with Crippen LogP contribution in [0.2, 0.25) is 0 Å². The van der Waals surface area contributed by atoms with Gasteiger partial charge in [-0.2, -0.15) is 0 Å². The molecule has 1 aliphatic heterocycles. The van der Waals surface area contributed by atoms with Gasteiger partial charge in [0, 0.05) is 25.1 Å². The van der Waals surface area contributed by atoms with Crippen LogP contribution in [0.15, 0.2) is 42.9 Å². The van der Waals surface area contributed by atoms with Crippen molar-refractivity contribution >= 4 is 5.97 Å². The topological polar surface area (TPSA) is 66.3 Å². The van der Waals surface area contributed by atoms with Crippen molar-refractivity contribution in [2.75, 3.05) is 6.54 Å². The zero-order valence-corrected chi connectivity index (χ0v) is 12.5. The molecule has 0 amide bonds. The van der Waals surface area contributed by atoms with E-state index in [1.54, 1.807) is 12.4 Å². The Balaban J connectivity index is 2.03. The zero-order valence-electron chi connectivity index (χ0n) is 12.5. The first-order chi connectivity index (χ1) is 10.7. The molecule has 1 aliphatic rings. The average Bonchev–Trinajstić information content (AvgIpc) is 3.00. The van der Waals surface area contributed by atoms with E-state index >= 15 is 0 Å². The number of hydrogen-bond donors (Lipinski definition) is 1. The van der Waals surface area contributed by atoms with Gasteiger partial charge in [0.05, 0.1) is 11.7 Å². The first-order valence-electron chi connectivity index (χ1n) is 7.48. The minimum Gasteiger partial charge on any atom is -0.480 e. The maximum Gasteiger partial charge on any atom is 0.320 e. The molecular weight excluding hydrogens is 278 g/mol. The number of aliphatic carboxylic acids is 1. The summed E-state index contributed by atoms with van der Waals surface area (Å²) in [5.41, 5.74) is 2.93. The summed E-state index contributed by atoms with van der Waals surface area (Å²) in [6, 6.07) is 7.21. The Morgan fingerprint density at radius 1 is 1.36 bits per heavy atom. The highest BCUT2D eigenvalue weighted by atomic mass is 16.4. The fraction of sp³-hybridized carbons (Fsp3) is 0.353. The van der Waals surface area contributed by atoms with Crippen molar-refractivity contribution in [3.05, 3.63) is 59.7 Å². The van der Waals surface area contributed by atoms with E-state index in [1.807, 2.05) is 42.3 Å². The third-order valence-corrected chi connectivity index (χ3v) is 4.13. The molecule has 2 atom stereocenters. The maximum atomic E-state index is 11.6. The van der Waals surface area contributed by atoms with E-state index in [0.29, 0.717) is 6.42 Å². The van der Waals surface area contributed by atoms with Crippen LogP contribution in [0.3, 0.4) is 0 Å². The molecule has 0 spiro atoms. The number of carboxylic acids is 1. The maximum absolute atomic E-state index is 11.6. The van der Waals surface area contributed by atoms with Gasteiger partial charge in [-0.1, -0.05) is 12.1 Å². The van der Waals surface area contributed by atoms with Crippen LogP contribution in [0.4, 0.5) is 0 Å². The van der Waals surface area contributed by atoms with E-state index in [9.17, 15) is 9.90 Å². The summed E-state index contributed by atoms with van der Waals surface area (Å²) in [4.78, 5) is 22.3. The van der Waals surface area contributed by atoms with Crippen LogP contribution in [0, 0.1) is 6.92 Å².